The lowest BCUT2D eigenvalue weighted by Crippen LogP contribution is -2.23. The minimum atomic E-state index is 0.111. The van der Waals surface area contributed by atoms with Gasteiger partial charge in [-0.1, -0.05) is 39.0 Å². The minimum Gasteiger partial charge on any atom is -0.366 e. The second-order valence-corrected chi connectivity index (χ2v) is 4.87. The van der Waals surface area contributed by atoms with E-state index in [0.29, 0.717) is 0 Å². The Morgan fingerprint density at radius 2 is 2.44 bits per heavy atom. The Balaban J connectivity index is 1.97. The fraction of sp³-hybridized carbons (Fsp3) is 0.400. The van der Waals surface area contributed by atoms with Crippen LogP contribution in [-0.2, 0) is 0 Å². The Bertz CT molecular complexity index is 468. The second-order valence-electron chi connectivity index (χ2n) is 4.87. The third kappa shape index (κ3) is 2.92. The standard InChI is InChI=1S/C15H21N3/c1-4-12(3)8-14-6-7-15(16-9-14)18-11-13(5-2)10-17-18/h5-7,9-12,15-16H,2,4,8H2,1,3H3. The molecule has 96 valence electrons. The molecule has 1 aromatic rings. The van der Waals surface area contributed by atoms with Gasteiger partial charge in [-0.25, -0.2) is 4.68 Å². The predicted molar refractivity (Wildman–Crippen MR) is 75.8 cm³/mol. The summed E-state index contributed by atoms with van der Waals surface area (Å²) in [4.78, 5) is 0. The van der Waals surface area contributed by atoms with Gasteiger partial charge in [0.05, 0.1) is 6.20 Å². The molecule has 2 heterocycles. The van der Waals surface area contributed by atoms with E-state index in [1.165, 1.54) is 12.0 Å². The molecule has 18 heavy (non-hydrogen) atoms. The van der Waals surface area contributed by atoms with Crippen LogP contribution in [-0.4, -0.2) is 9.78 Å². The summed E-state index contributed by atoms with van der Waals surface area (Å²) >= 11 is 0. The van der Waals surface area contributed by atoms with E-state index in [2.05, 4.69) is 49.2 Å². The Hall–Kier alpha value is -1.77. The van der Waals surface area contributed by atoms with E-state index in [1.807, 2.05) is 17.1 Å². The summed E-state index contributed by atoms with van der Waals surface area (Å²) in [6.45, 7) is 8.25. The lowest BCUT2D eigenvalue weighted by molar-refractivity contribution is 0.482. The van der Waals surface area contributed by atoms with Gasteiger partial charge >= 0.3 is 0 Å². The zero-order valence-corrected chi connectivity index (χ0v) is 11.1. The van der Waals surface area contributed by atoms with Crippen molar-refractivity contribution in [3.05, 3.63) is 48.5 Å². The lowest BCUT2D eigenvalue weighted by atomic mass is 9.98. The molecule has 0 fully saturated rings. The van der Waals surface area contributed by atoms with Gasteiger partial charge in [0, 0.05) is 18.0 Å². The molecule has 2 unspecified atom stereocenters. The topological polar surface area (TPSA) is 29.9 Å². The normalized spacial score (nSPS) is 20.1. The van der Waals surface area contributed by atoms with Gasteiger partial charge in [-0.3, -0.25) is 0 Å². The van der Waals surface area contributed by atoms with E-state index >= 15 is 0 Å². The van der Waals surface area contributed by atoms with E-state index in [4.69, 9.17) is 0 Å². The molecule has 0 radical (unpaired) electrons. The molecule has 2 atom stereocenters. The van der Waals surface area contributed by atoms with Crippen LogP contribution in [0.25, 0.3) is 6.08 Å². The number of nitrogens with one attached hydrogen (secondary N) is 1. The maximum absolute atomic E-state index is 4.32. The molecule has 0 bridgehead atoms. The fourth-order valence-electron chi connectivity index (χ4n) is 1.96. The molecule has 1 aromatic heterocycles. The monoisotopic (exact) mass is 243 g/mol. The van der Waals surface area contributed by atoms with Crippen molar-refractivity contribution in [2.75, 3.05) is 0 Å². The molecule has 3 nitrogen and oxygen atoms in total. The van der Waals surface area contributed by atoms with Crippen LogP contribution in [0.1, 0.15) is 38.4 Å². The maximum atomic E-state index is 4.32. The predicted octanol–water partition coefficient (Wildman–Crippen LogP) is 3.50. The smallest absolute Gasteiger partial charge is 0.139 e. The number of aromatic nitrogens is 2. The quantitative estimate of drug-likeness (QED) is 0.857. The van der Waals surface area contributed by atoms with Crippen molar-refractivity contribution in [3.63, 3.8) is 0 Å². The van der Waals surface area contributed by atoms with Crippen LogP contribution < -0.4 is 5.32 Å². The Morgan fingerprint density at radius 1 is 1.61 bits per heavy atom. The number of dihydropyridines is 1. The molecule has 2 rings (SSSR count). The van der Waals surface area contributed by atoms with Crippen LogP contribution >= 0.6 is 0 Å². The van der Waals surface area contributed by atoms with Gasteiger partial charge in [0.25, 0.3) is 0 Å². The first-order valence-corrected chi connectivity index (χ1v) is 6.52. The van der Waals surface area contributed by atoms with Gasteiger partial charge in [-0.05, 0) is 24.0 Å². The summed E-state index contributed by atoms with van der Waals surface area (Å²) in [5.74, 6) is 0.733. The van der Waals surface area contributed by atoms with Crippen LogP contribution in [0.4, 0.5) is 0 Å². The van der Waals surface area contributed by atoms with Gasteiger partial charge < -0.3 is 5.32 Å². The van der Waals surface area contributed by atoms with Gasteiger partial charge in [-0.2, -0.15) is 5.10 Å². The highest BCUT2D eigenvalue weighted by Crippen LogP contribution is 2.20. The van der Waals surface area contributed by atoms with Crippen LogP contribution in [0.5, 0.6) is 0 Å². The van der Waals surface area contributed by atoms with Crippen molar-refractivity contribution in [1.29, 1.82) is 0 Å². The van der Waals surface area contributed by atoms with E-state index in [-0.39, 0.29) is 6.17 Å². The maximum Gasteiger partial charge on any atom is 0.139 e. The number of rotatable bonds is 5. The largest absolute Gasteiger partial charge is 0.366 e. The SMILES string of the molecule is C=Cc1cnn(C2C=CC(CC(C)CC)=CN2)c1. The van der Waals surface area contributed by atoms with E-state index < -0.39 is 0 Å². The van der Waals surface area contributed by atoms with Crippen molar-refractivity contribution in [2.24, 2.45) is 5.92 Å². The van der Waals surface area contributed by atoms with Gasteiger partial charge in [0.2, 0.25) is 0 Å². The minimum absolute atomic E-state index is 0.111. The summed E-state index contributed by atoms with van der Waals surface area (Å²) in [5, 5.41) is 7.68. The van der Waals surface area contributed by atoms with Crippen LogP contribution in [0.3, 0.4) is 0 Å². The highest BCUT2D eigenvalue weighted by Gasteiger charge is 2.11. The molecule has 3 heteroatoms. The molecule has 1 aliphatic heterocycles. The van der Waals surface area contributed by atoms with Crippen molar-refractivity contribution >= 4 is 6.08 Å². The molecule has 0 aliphatic carbocycles. The molecule has 0 saturated carbocycles. The molecular formula is C15H21N3. The van der Waals surface area contributed by atoms with Crippen LogP contribution in [0.15, 0.2) is 42.9 Å². The van der Waals surface area contributed by atoms with Crippen molar-refractivity contribution in [2.45, 2.75) is 32.9 Å². The fourth-order valence-corrected chi connectivity index (χ4v) is 1.96. The average Bonchev–Trinajstić information content (AvgIpc) is 2.88. The number of hydrogen-bond acceptors (Lipinski definition) is 2. The summed E-state index contributed by atoms with van der Waals surface area (Å²) in [5.41, 5.74) is 2.40. The first kappa shape index (κ1) is 12.7. The third-order valence-electron chi connectivity index (χ3n) is 3.36. The summed E-state index contributed by atoms with van der Waals surface area (Å²) in [6.07, 6.45) is 14.5. The molecule has 0 aromatic carbocycles. The van der Waals surface area contributed by atoms with Crippen LogP contribution in [0, 0.1) is 5.92 Å². The number of hydrogen-bond donors (Lipinski definition) is 1. The van der Waals surface area contributed by atoms with E-state index in [0.717, 1.165) is 17.9 Å². The Labute approximate surface area is 109 Å². The van der Waals surface area contributed by atoms with E-state index in [9.17, 15) is 0 Å². The Morgan fingerprint density at radius 3 is 3.00 bits per heavy atom. The van der Waals surface area contributed by atoms with Crippen molar-refractivity contribution in [3.8, 4) is 0 Å². The number of nitrogens with zero attached hydrogens (tertiary/aromatic N) is 2. The molecule has 1 N–H and O–H groups in total. The second kappa shape index (κ2) is 5.71. The van der Waals surface area contributed by atoms with Gasteiger partial charge in [0.1, 0.15) is 6.17 Å². The highest BCUT2D eigenvalue weighted by molar-refractivity contribution is 5.43. The van der Waals surface area contributed by atoms with E-state index in [1.54, 1.807) is 6.08 Å². The lowest BCUT2D eigenvalue weighted by Gasteiger charge is -2.20. The average molecular weight is 243 g/mol. The first-order valence-electron chi connectivity index (χ1n) is 6.52. The molecule has 1 aliphatic rings. The zero-order chi connectivity index (χ0) is 13.0. The van der Waals surface area contributed by atoms with Gasteiger partial charge in [0.15, 0.2) is 0 Å². The highest BCUT2D eigenvalue weighted by atomic mass is 15.3. The molecule has 0 saturated heterocycles. The molecule has 0 amide bonds. The third-order valence-corrected chi connectivity index (χ3v) is 3.36. The molecule has 0 spiro atoms. The van der Waals surface area contributed by atoms with Crippen molar-refractivity contribution < 1.29 is 0 Å². The summed E-state index contributed by atoms with van der Waals surface area (Å²) in [7, 11) is 0. The Kier molecular flexibility index (Phi) is 4.03. The molecular weight excluding hydrogens is 222 g/mol. The zero-order valence-electron chi connectivity index (χ0n) is 11.1. The number of allylic oxidation sites excluding steroid dienone is 2. The summed E-state index contributed by atoms with van der Waals surface area (Å²) in [6, 6.07) is 0. The van der Waals surface area contributed by atoms with Crippen molar-refractivity contribution in [1.82, 2.24) is 15.1 Å². The van der Waals surface area contributed by atoms with Gasteiger partial charge in [-0.15, -0.1) is 0 Å². The van der Waals surface area contributed by atoms with Crippen LogP contribution in [0.2, 0.25) is 0 Å². The summed E-state index contributed by atoms with van der Waals surface area (Å²) < 4.78 is 1.91. The first-order chi connectivity index (χ1) is 8.72.